The second kappa shape index (κ2) is 23.1. The van der Waals surface area contributed by atoms with E-state index in [1.807, 2.05) is 0 Å². The molecule has 8 aromatic rings. The largest absolute Gasteiger partial charge is 0.248 e. The Labute approximate surface area is 371 Å². The summed E-state index contributed by atoms with van der Waals surface area (Å²) < 4.78 is 4.71. The van der Waals surface area contributed by atoms with Gasteiger partial charge in [-0.3, -0.25) is 0 Å². The lowest BCUT2D eigenvalue weighted by Gasteiger charge is -2.11. The van der Waals surface area contributed by atoms with Crippen LogP contribution in [0.25, 0.3) is 54.7 Å². The number of rotatable bonds is 25. The SMILES string of the molecule is c1ccc2c(CCCCCCCCCCC[n+]3ccc(-c4cc[n+](CCCCCCCCCCCc5c6ccccc6nc6ccccc56)cc4)cc3)c3ccccc3nc2c1. The molecule has 318 valence electrons. The third-order valence-corrected chi connectivity index (χ3v) is 13.2. The molecule has 0 fully saturated rings. The van der Waals surface area contributed by atoms with Crippen LogP contribution in [0.2, 0.25) is 0 Å². The topological polar surface area (TPSA) is 33.5 Å². The summed E-state index contributed by atoms with van der Waals surface area (Å²) in [5.74, 6) is 0. The van der Waals surface area contributed by atoms with Gasteiger partial charge >= 0.3 is 0 Å². The second-order valence-electron chi connectivity index (χ2n) is 17.8. The minimum Gasteiger partial charge on any atom is -0.248 e. The molecule has 0 aliphatic carbocycles. The zero-order valence-electron chi connectivity index (χ0n) is 37.2. The van der Waals surface area contributed by atoms with Crippen LogP contribution in [0, 0.1) is 0 Å². The van der Waals surface area contributed by atoms with Gasteiger partial charge in [0.05, 0.1) is 22.1 Å². The van der Waals surface area contributed by atoms with Crippen LogP contribution in [0.3, 0.4) is 0 Å². The predicted octanol–water partition coefficient (Wildman–Crippen LogP) is 14.8. The van der Waals surface area contributed by atoms with Crippen LogP contribution in [0.1, 0.15) is 127 Å². The van der Waals surface area contributed by atoms with E-state index in [0.29, 0.717) is 0 Å². The van der Waals surface area contributed by atoms with Crippen molar-refractivity contribution in [3.8, 4) is 11.1 Å². The Morgan fingerprint density at radius 1 is 0.274 bits per heavy atom. The highest BCUT2D eigenvalue weighted by Crippen LogP contribution is 2.29. The first kappa shape index (κ1) is 43.2. The van der Waals surface area contributed by atoms with Crippen LogP contribution < -0.4 is 9.13 Å². The molecular formula is C58H68N4+2. The fourth-order valence-corrected chi connectivity index (χ4v) is 9.66. The Bertz CT molecular complexity index is 2300. The zero-order valence-corrected chi connectivity index (χ0v) is 37.2. The fraction of sp³-hybridized carbons (Fsp3) is 0.379. The van der Waals surface area contributed by atoms with Crippen LogP contribution in [0.5, 0.6) is 0 Å². The van der Waals surface area contributed by atoms with Crippen molar-refractivity contribution < 1.29 is 9.13 Å². The van der Waals surface area contributed by atoms with Gasteiger partial charge < -0.3 is 0 Å². The van der Waals surface area contributed by atoms with Crippen molar-refractivity contribution in [2.75, 3.05) is 0 Å². The monoisotopic (exact) mass is 821 g/mol. The average Bonchev–Trinajstić information content (AvgIpc) is 3.32. The molecule has 4 nitrogen and oxygen atoms in total. The van der Waals surface area contributed by atoms with Gasteiger partial charge in [0.2, 0.25) is 0 Å². The summed E-state index contributed by atoms with van der Waals surface area (Å²) in [6, 6.07) is 43.7. The number of para-hydroxylation sites is 4. The first-order chi connectivity index (χ1) is 30.8. The van der Waals surface area contributed by atoms with Crippen LogP contribution in [0.4, 0.5) is 0 Å². The van der Waals surface area contributed by atoms with E-state index in [-0.39, 0.29) is 0 Å². The quantitative estimate of drug-likeness (QED) is 0.0327. The maximum absolute atomic E-state index is 4.90. The molecule has 62 heavy (non-hydrogen) atoms. The number of aromatic nitrogens is 4. The molecule has 0 radical (unpaired) electrons. The Balaban J connectivity index is 0.630. The number of pyridine rings is 4. The Morgan fingerprint density at radius 3 is 0.839 bits per heavy atom. The molecule has 0 atom stereocenters. The number of aryl methyl sites for hydroxylation is 4. The van der Waals surface area contributed by atoms with Gasteiger partial charge in [-0.15, -0.1) is 0 Å². The van der Waals surface area contributed by atoms with Gasteiger partial charge in [0.25, 0.3) is 0 Å². The second-order valence-corrected chi connectivity index (χ2v) is 17.8. The molecule has 0 bridgehead atoms. The van der Waals surface area contributed by atoms with E-state index in [4.69, 9.17) is 9.97 Å². The van der Waals surface area contributed by atoms with Crippen LogP contribution in [0.15, 0.2) is 146 Å². The van der Waals surface area contributed by atoms with Crippen molar-refractivity contribution in [2.24, 2.45) is 0 Å². The van der Waals surface area contributed by atoms with E-state index in [9.17, 15) is 0 Å². The minimum absolute atomic E-state index is 1.11. The maximum Gasteiger partial charge on any atom is 0.169 e. The number of nitrogens with zero attached hydrogens (tertiary/aromatic N) is 4. The molecule has 4 heterocycles. The van der Waals surface area contributed by atoms with Crippen LogP contribution in [-0.2, 0) is 25.9 Å². The van der Waals surface area contributed by atoms with E-state index in [2.05, 4.69) is 155 Å². The van der Waals surface area contributed by atoms with E-state index < -0.39 is 0 Å². The van der Waals surface area contributed by atoms with Gasteiger partial charge in [0, 0.05) is 58.7 Å². The van der Waals surface area contributed by atoms with Crippen LogP contribution >= 0.6 is 0 Å². The third kappa shape index (κ3) is 11.9. The van der Waals surface area contributed by atoms with Crippen molar-refractivity contribution in [1.82, 2.24) is 9.97 Å². The van der Waals surface area contributed by atoms with E-state index in [0.717, 1.165) is 48.0 Å². The molecule has 0 aliphatic heterocycles. The summed E-state index contributed by atoms with van der Waals surface area (Å²) in [6.07, 6.45) is 35.2. The highest BCUT2D eigenvalue weighted by molar-refractivity contribution is 5.98. The lowest BCUT2D eigenvalue weighted by molar-refractivity contribution is -0.697. The normalized spacial score (nSPS) is 11.7. The summed E-state index contributed by atoms with van der Waals surface area (Å²) in [7, 11) is 0. The summed E-state index contributed by atoms with van der Waals surface area (Å²) in [4.78, 5) is 9.80. The summed E-state index contributed by atoms with van der Waals surface area (Å²) in [5.41, 5.74) is 10.1. The molecule has 0 saturated carbocycles. The molecule has 0 spiro atoms. The van der Waals surface area contributed by atoms with Crippen molar-refractivity contribution in [3.63, 3.8) is 0 Å². The molecule has 4 heteroatoms. The van der Waals surface area contributed by atoms with Gasteiger partial charge in [-0.2, -0.15) is 0 Å². The highest BCUT2D eigenvalue weighted by atomic mass is 14.9. The molecular weight excluding hydrogens is 753 g/mol. The zero-order chi connectivity index (χ0) is 42.0. The molecule has 4 aromatic carbocycles. The van der Waals surface area contributed by atoms with Gasteiger partial charge in [-0.1, -0.05) is 150 Å². The Kier molecular flexibility index (Phi) is 16.1. The Hall–Kier alpha value is -5.48. The van der Waals surface area contributed by atoms with Crippen molar-refractivity contribution in [1.29, 1.82) is 0 Å². The standard InChI is InChI=1S/C58H68N4/c1(3-7-11-15-27-49-51-29-17-21-33-55(51)59-56-34-22-18-30-52(49)56)5-9-13-25-41-61-43-37-47(38-44-61)48-39-45-62(46-40-48)42-26-14-10-6-2-4-8-12-16-28-50-53-31-19-23-35-57(53)60-58-36-24-20-32-54(50)58/h17-24,29-40,43-46H,1-16,25-28,41-42H2/q+2. The first-order valence-corrected chi connectivity index (χ1v) is 24.3. The van der Waals surface area contributed by atoms with Gasteiger partial charge in [-0.05, 0) is 85.0 Å². The lowest BCUT2D eigenvalue weighted by atomic mass is 9.97. The van der Waals surface area contributed by atoms with Gasteiger partial charge in [-0.25, -0.2) is 19.1 Å². The number of fused-ring (bicyclic) bond motifs is 4. The van der Waals surface area contributed by atoms with E-state index >= 15 is 0 Å². The first-order valence-electron chi connectivity index (χ1n) is 24.3. The van der Waals surface area contributed by atoms with E-state index in [1.54, 1.807) is 0 Å². The number of unbranched alkanes of at least 4 members (excludes halogenated alkanes) is 16. The molecule has 0 aliphatic rings. The van der Waals surface area contributed by atoms with Crippen molar-refractivity contribution in [2.45, 2.75) is 142 Å². The van der Waals surface area contributed by atoms with E-state index in [1.165, 1.54) is 159 Å². The van der Waals surface area contributed by atoms with Gasteiger partial charge in [0.15, 0.2) is 24.8 Å². The molecule has 0 saturated heterocycles. The minimum atomic E-state index is 1.11. The molecule has 8 rings (SSSR count). The fourth-order valence-electron chi connectivity index (χ4n) is 9.66. The van der Waals surface area contributed by atoms with Crippen molar-refractivity contribution >= 4 is 43.6 Å². The third-order valence-electron chi connectivity index (χ3n) is 13.2. The van der Waals surface area contributed by atoms with Crippen LogP contribution in [-0.4, -0.2) is 9.97 Å². The number of hydrogen-bond donors (Lipinski definition) is 0. The molecule has 4 aromatic heterocycles. The maximum atomic E-state index is 4.90. The van der Waals surface area contributed by atoms with Crippen molar-refractivity contribution in [3.05, 3.63) is 157 Å². The number of hydrogen-bond acceptors (Lipinski definition) is 2. The summed E-state index contributed by atoms with van der Waals surface area (Å²) in [5, 5.41) is 5.30. The number of benzene rings is 4. The highest BCUT2D eigenvalue weighted by Gasteiger charge is 2.11. The molecule has 0 unspecified atom stereocenters. The molecule has 0 N–H and O–H groups in total. The lowest BCUT2D eigenvalue weighted by Crippen LogP contribution is -2.33. The molecule has 0 amide bonds. The smallest absolute Gasteiger partial charge is 0.169 e. The van der Waals surface area contributed by atoms with Gasteiger partial charge in [0.1, 0.15) is 13.1 Å². The summed E-state index contributed by atoms with van der Waals surface area (Å²) >= 11 is 0. The predicted molar refractivity (Wildman–Crippen MR) is 261 cm³/mol. The Morgan fingerprint density at radius 2 is 0.532 bits per heavy atom. The summed E-state index contributed by atoms with van der Waals surface area (Å²) in [6.45, 7) is 2.21. The average molecular weight is 821 g/mol.